The van der Waals surface area contributed by atoms with E-state index in [1.165, 1.54) is 6.07 Å². The Labute approximate surface area is 193 Å². The lowest BCUT2D eigenvalue weighted by Crippen LogP contribution is -2.63. The molecule has 1 aromatic rings. The Balaban J connectivity index is 1.29. The molecule has 1 aromatic carbocycles. The van der Waals surface area contributed by atoms with Crippen molar-refractivity contribution in [1.29, 1.82) is 0 Å². The summed E-state index contributed by atoms with van der Waals surface area (Å²) in [6.45, 7) is 1.76. The number of anilines is 1. The summed E-state index contributed by atoms with van der Waals surface area (Å²) in [6.07, 6.45) is 4.69. The lowest BCUT2D eigenvalue weighted by atomic mass is 9.47. The van der Waals surface area contributed by atoms with Crippen LogP contribution >= 0.6 is 0 Å². The van der Waals surface area contributed by atoms with Crippen LogP contribution in [0.1, 0.15) is 44.1 Å². The van der Waals surface area contributed by atoms with Crippen molar-refractivity contribution in [2.75, 3.05) is 23.9 Å². The van der Waals surface area contributed by atoms with E-state index in [9.17, 15) is 22.4 Å². The molecule has 4 aliphatic carbocycles. The molecule has 6 rings (SSSR count). The first-order valence-electron chi connectivity index (χ1n) is 11.7. The molecule has 180 valence electrons. The van der Waals surface area contributed by atoms with Gasteiger partial charge in [-0.2, -0.15) is 12.7 Å². The van der Waals surface area contributed by atoms with Gasteiger partial charge in [-0.1, -0.05) is 12.1 Å². The first kappa shape index (κ1) is 22.6. The molecule has 4 saturated carbocycles. The van der Waals surface area contributed by atoms with Gasteiger partial charge in [0.2, 0.25) is 11.8 Å². The fourth-order valence-electron chi connectivity index (χ4n) is 7.04. The molecule has 33 heavy (non-hydrogen) atoms. The van der Waals surface area contributed by atoms with Crippen molar-refractivity contribution >= 4 is 27.7 Å². The molecule has 3 N–H and O–H groups in total. The van der Waals surface area contributed by atoms with Gasteiger partial charge >= 0.3 is 10.2 Å². The monoisotopic (exact) mass is 478 g/mol. The van der Waals surface area contributed by atoms with Gasteiger partial charge in [-0.25, -0.2) is 4.39 Å². The van der Waals surface area contributed by atoms with Gasteiger partial charge in [-0.3, -0.25) is 13.9 Å². The van der Waals surface area contributed by atoms with Gasteiger partial charge in [-0.05, 0) is 74.8 Å². The van der Waals surface area contributed by atoms with E-state index in [4.69, 9.17) is 5.73 Å². The van der Waals surface area contributed by atoms with E-state index in [0.29, 0.717) is 30.7 Å². The van der Waals surface area contributed by atoms with Gasteiger partial charge in [-0.15, -0.1) is 0 Å². The Bertz CT molecular complexity index is 1060. The van der Waals surface area contributed by atoms with Crippen molar-refractivity contribution in [3.63, 3.8) is 0 Å². The van der Waals surface area contributed by atoms with Gasteiger partial charge in [0, 0.05) is 24.5 Å². The second-order valence-corrected chi connectivity index (χ2v) is 12.2. The fourth-order valence-corrected chi connectivity index (χ4v) is 8.78. The van der Waals surface area contributed by atoms with Crippen LogP contribution in [-0.2, 0) is 19.8 Å². The van der Waals surface area contributed by atoms with Crippen LogP contribution in [0.4, 0.5) is 10.1 Å². The number of primary amides is 1. The number of carbonyl (C=O) groups is 2. The number of carbonyl (C=O) groups excluding carboxylic acids is 2. The minimum Gasteiger partial charge on any atom is -0.369 e. The molecule has 4 bridgehead atoms. The smallest absolute Gasteiger partial charge is 0.304 e. The largest absolute Gasteiger partial charge is 0.369 e. The lowest BCUT2D eigenvalue weighted by Gasteiger charge is -2.58. The van der Waals surface area contributed by atoms with E-state index >= 15 is 0 Å². The molecule has 2 unspecified atom stereocenters. The molecular formula is C23H31FN4O4S. The van der Waals surface area contributed by atoms with Crippen LogP contribution in [0, 0.1) is 35.9 Å². The lowest BCUT2D eigenvalue weighted by molar-refractivity contribution is -0.147. The van der Waals surface area contributed by atoms with Crippen molar-refractivity contribution in [2.45, 2.75) is 51.5 Å². The highest BCUT2D eigenvalue weighted by atomic mass is 32.2. The quantitative estimate of drug-likeness (QED) is 0.671. The highest BCUT2D eigenvalue weighted by molar-refractivity contribution is 7.90. The summed E-state index contributed by atoms with van der Waals surface area (Å²) in [5.41, 5.74) is 5.88. The van der Waals surface area contributed by atoms with Crippen molar-refractivity contribution in [1.82, 2.24) is 9.62 Å². The maximum atomic E-state index is 14.5. The Morgan fingerprint density at radius 2 is 1.88 bits per heavy atom. The van der Waals surface area contributed by atoms with Gasteiger partial charge < -0.3 is 11.1 Å². The topological polar surface area (TPSA) is 113 Å². The standard InChI is InChI=1S/C23H31FN4O4S/c1-14-4-2-5-18(24)21(14)28-7-3-6-27(33(28,31)32)13-19(29)26-20-16-8-15-9-17(20)12-23(10-15,11-16)22(25)30/h2,4-5,15-17,20H,3,6-13H2,1H3,(H2,25,30)(H,26,29). The number of halogens is 1. The van der Waals surface area contributed by atoms with Crippen LogP contribution in [0.2, 0.25) is 0 Å². The first-order valence-corrected chi connectivity index (χ1v) is 13.1. The Morgan fingerprint density at radius 1 is 1.18 bits per heavy atom. The second-order valence-electron chi connectivity index (χ2n) is 10.4. The van der Waals surface area contributed by atoms with Crippen LogP contribution in [-0.4, -0.2) is 50.2 Å². The van der Waals surface area contributed by atoms with Crippen LogP contribution in [0.15, 0.2) is 18.2 Å². The first-order chi connectivity index (χ1) is 15.6. The van der Waals surface area contributed by atoms with Crippen LogP contribution in [0.3, 0.4) is 0 Å². The second kappa shape index (κ2) is 7.94. The summed E-state index contributed by atoms with van der Waals surface area (Å²) in [5.74, 6) is -0.303. The Morgan fingerprint density at radius 3 is 2.52 bits per heavy atom. The van der Waals surface area contributed by atoms with Gasteiger partial charge in [0.25, 0.3) is 0 Å². The SMILES string of the molecule is Cc1cccc(F)c1N1CCCN(CC(=O)NC2C3CC4CC2CC(C(N)=O)(C4)C3)S1(=O)=O. The molecule has 10 heteroatoms. The van der Waals surface area contributed by atoms with Crippen molar-refractivity contribution in [3.8, 4) is 0 Å². The summed E-state index contributed by atoms with van der Waals surface area (Å²) in [7, 11) is -4.04. The van der Waals surface area contributed by atoms with Gasteiger partial charge in [0.1, 0.15) is 5.82 Å². The zero-order valence-electron chi connectivity index (χ0n) is 18.8. The van der Waals surface area contributed by atoms with E-state index in [-0.39, 0.29) is 55.0 Å². The van der Waals surface area contributed by atoms with Crippen molar-refractivity contribution in [3.05, 3.63) is 29.6 Å². The van der Waals surface area contributed by atoms with E-state index in [1.54, 1.807) is 19.1 Å². The number of benzene rings is 1. The van der Waals surface area contributed by atoms with E-state index in [0.717, 1.165) is 27.9 Å². The number of aryl methyl sites for hydroxylation is 1. The average molecular weight is 479 g/mol. The molecule has 2 amide bonds. The fraction of sp³-hybridized carbons (Fsp3) is 0.652. The maximum absolute atomic E-state index is 14.5. The van der Waals surface area contributed by atoms with E-state index in [1.807, 2.05) is 0 Å². The van der Waals surface area contributed by atoms with Crippen LogP contribution < -0.4 is 15.4 Å². The summed E-state index contributed by atoms with van der Waals surface area (Å²) in [6, 6.07) is 4.40. The average Bonchev–Trinajstić information content (AvgIpc) is 2.72. The third-order valence-electron chi connectivity index (χ3n) is 8.25. The predicted octanol–water partition coefficient (Wildman–Crippen LogP) is 1.69. The number of nitrogens with one attached hydrogen (secondary N) is 1. The highest BCUT2D eigenvalue weighted by Crippen LogP contribution is 2.59. The third-order valence-corrected chi connectivity index (χ3v) is 10.1. The van der Waals surface area contributed by atoms with E-state index in [2.05, 4.69) is 5.32 Å². The highest BCUT2D eigenvalue weighted by Gasteiger charge is 2.58. The summed E-state index contributed by atoms with van der Waals surface area (Å²) in [4.78, 5) is 25.1. The van der Waals surface area contributed by atoms with Crippen molar-refractivity contribution in [2.24, 2.45) is 28.9 Å². The Kier molecular flexibility index (Phi) is 5.43. The van der Waals surface area contributed by atoms with Crippen LogP contribution in [0.25, 0.3) is 0 Å². The molecule has 5 aliphatic rings. The number of hydrogen-bond donors (Lipinski definition) is 2. The molecule has 2 atom stereocenters. The molecule has 8 nitrogen and oxygen atoms in total. The molecular weight excluding hydrogens is 447 g/mol. The van der Waals surface area contributed by atoms with Crippen molar-refractivity contribution < 1.29 is 22.4 Å². The van der Waals surface area contributed by atoms with Gasteiger partial charge in [0.15, 0.2) is 0 Å². The molecule has 0 aromatic heterocycles. The zero-order chi connectivity index (χ0) is 23.5. The van der Waals surface area contributed by atoms with E-state index < -0.39 is 21.4 Å². The van der Waals surface area contributed by atoms with Gasteiger partial charge in [0.05, 0.1) is 12.2 Å². The molecule has 1 saturated heterocycles. The number of nitrogens with zero attached hydrogens (tertiary/aromatic N) is 2. The number of nitrogens with two attached hydrogens (primary N) is 1. The molecule has 1 heterocycles. The number of amides is 2. The minimum absolute atomic E-state index is 0.0420. The summed E-state index contributed by atoms with van der Waals surface area (Å²) >= 11 is 0. The number of rotatable bonds is 5. The molecule has 5 fully saturated rings. The summed E-state index contributed by atoms with van der Waals surface area (Å²) < 4.78 is 43.2. The molecule has 1 aliphatic heterocycles. The maximum Gasteiger partial charge on any atom is 0.304 e. The summed E-state index contributed by atoms with van der Waals surface area (Å²) in [5, 5.41) is 3.09. The number of para-hydroxylation sites is 1. The minimum atomic E-state index is -4.04. The number of hydrogen-bond acceptors (Lipinski definition) is 4. The Hall–Kier alpha value is -2.20. The van der Waals surface area contributed by atoms with Crippen LogP contribution in [0.5, 0.6) is 0 Å². The molecule has 0 radical (unpaired) electrons. The predicted molar refractivity (Wildman–Crippen MR) is 121 cm³/mol. The third kappa shape index (κ3) is 3.71. The normalized spacial score (nSPS) is 34.9. The zero-order valence-corrected chi connectivity index (χ0v) is 19.6. The molecule has 0 spiro atoms.